The number of hydrogen-bond donors (Lipinski definition) is 0. The molecule has 1 aromatic carbocycles. The fraction of sp³-hybridized carbons (Fsp3) is 0.400. The lowest BCUT2D eigenvalue weighted by Gasteiger charge is -2.34. The summed E-state index contributed by atoms with van der Waals surface area (Å²) in [6.45, 7) is 2.47. The van der Waals surface area contributed by atoms with Gasteiger partial charge in [-0.1, -0.05) is 0 Å². The van der Waals surface area contributed by atoms with Crippen molar-refractivity contribution in [1.82, 2.24) is 14.9 Å². The SMILES string of the molecule is COc1cc2ncnc(N3CCN(C(=O)Cl)CC3)c2cc1OC. The molecule has 1 aromatic heterocycles. The molecule has 0 atom stereocenters. The Morgan fingerprint density at radius 2 is 1.74 bits per heavy atom. The zero-order chi connectivity index (χ0) is 16.4. The van der Waals surface area contributed by atoms with Gasteiger partial charge in [-0.05, 0) is 17.7 Å². The molecule has 1 amide bonds. The van der Waals surface area contributed by atoms with Crippen molar-refractivity contribution in [2.24, 2.45) is 0 Å². The highest BCUT2D eigenvalue weighted by Gasteiger charge is 2.22. The van der Waals surface area contributed by atoms with Gasteiger partial charge >= 0.3 is 5.37 Å². The molecule has 122 valence electrons. The lowest BCUT2D eigenvalue weighted by molar-refractivity contribution is 0.218. The molecular formula is C15H17ClN4O3. The number of nitrogens with zero attached hydrogens (tertiary/aromatic N) is 4. The van der Waals surface area contributed by atoms with Gasteiger partial charge in [-0.2, -0.15) is 0 Å². The molecule has 3 rings (SSSR count). The van der Waals surface area contributed by atoms with Crippen molar-refractivity contribution in [3.63, 3.8) is 0 Å². The number of amides is 1. The summed E-state index contributed by atoms with van der Waals surface area (Å²) in [4.78, 5) is 23.7. The number of halogens is 1. The Labute approximate surface area is 138 Å². The summed E-state index contributed by atoms with van der Waals surface area (Å²) >= 11 is 5.53. The number of anilines is 1. The number of methoxy groups -OCH3 is 2. The van der Waals surface area contributed by atoms with Crippen molar-refractivity contribution in [3.8, 4) is 11.5 Å². The molecule has 23 heavy (non-hydrogen) atoms. The van der Waals surface area contributed by atoms with Gasteiger partial charge in [0.05, 0.1) is 19.7 Å². The molecule has 0 saturated carbocycles. The van der Waals surface area contributed by atoms with Crippen LogP contribution in [0.4, 0.5) is 10.6 Å². The molecule has 1 saturated heterocycles. The molecule has 0 unspecified atom stereocenters. The van der Waals surface area contributed by atoms with E-state index in [2.05, 4.69) is 14.9 Å². The number of carbonyl (C=O) groups excluding carboxylic acids is 1. The Morgan fingerprint density at radius 3 is 2.35 bits per heavy atom. The highest BCUT2D eigenvalue weighted by atomic mass is 35.5. The first-order chi connectivity index (χ1) is 11.1. The number of benzene rings is 1. The van der Waals surface area contributed by atoms with Crippen LogP contribution < -0.4 is 14.4 Å². The van der Waals surface area contributed by atoms with Gasteiger partial charge in [0.25, 0.3) is 0 Å². The maximum atomic E-state index is 11.2. The van der Waals surface area contributed by atoms with E-state index in [-0.39, 0.29) is 0 Å². The van der Waals surface area contributed by atoms with Gasteiger partial charge < -0.3 is 19.3 Å². The van der Waals surface area contributed by atoms with E-state index in [1.54, 1.807) is 19.1 Å². The highest BCUT2D eigenvalue weighted by Crippen LogP contribution is 2.34. The van der Waals surface area contributed by atoms with Crippen LogP contribution in [0, 0.1) is 0 Å². The van der Waals surface area contributed by atoms with Crippen LogP contribution in [0.2, 0.25) is 0 Å². The summed E-state index contributed by atoms with van der Waals surface area (Å²) in [7, 11) is 3.19. The van der Waals surface area contributed by atoms with Crippen molar-refractivity contribution in [2.45, 2.75) is 0 Å². The third-order valence-corrected chi connectivity index (χ3v) is 4.19. The van der Waals surface area contributed by atoms with Gasteiger partial charge in [-0.25, -0.2) is 9.97 Å². The minimum absolute atomic E-state index is 0.413. The van der Waals surface area contributed by atoms with Crippen LogP contribution >= 0.6 is 11.6 Å². The predicted molar refractivity (Wildman–Crippen MR) is 87.7 cm³/mol. The summed E-state index contributed by atoms with van der Waals surface area (Å²) < 4.78 is 10.7. The van der Waals surface area contributed by atoms with Crippen LogP contribution in [0.15, 0.2) is 18.5 Å². The quantitative estimate of drug-likeness (QED) is 0.632. The third-order valence-electron chi connectivity index (χ3n) is 3.95. The lowest BCUT2D eigenvalue weighted by atomic mass is 10.2. The Bertz CT molecular complexity index is 732. The second kappa shape index (κ2) is 6.45. The molecular weight excluding hydrogens is 320 g/mol. The van der Waals surface area contributed by atoms with Crippen LogP contribution in [0.1, 0.15) is 0 Å². The number of hydrogen-bond acceptors (Lipinski definition) is 6. The molecule has 2 heterocycles. The van der Waals surface area contributed by atoms with Gasteiger partial charge in [0.2, 0.25) is 0 Å². The monoisotopic (exact) mass is 336 g/mol. The molecule has 0 radical (unpaired) electrons. The zero-order valence-electron chi connectivity index (χ0n) is 13.0. The van der Waals surface area contributed by atoms with Crippen LogP contribution in [0.25, 0.3) is 10.9 Å². The Kier molecular flexibility index (Phi) is 4.38. The summed E-state index contributed by atoms with van der Waals surface area (Å²) in [5, 5.41) is 0.472. The maximum Gasteiger partial charge on any atom is 0.316 e. The number of piperazine rings is 1. The van der Waals surface area contributed by atoms with Gasteiger partial charge in [0.15, 0.2) is 11.5 Å². The Hall–Kier alpha value is -2.28. The van der Waals surface area contributed by atoms with E-state index in [1.807, 2.05) is 12.1 Å². The molecule has 2 aromatic rings. The molecule has 0 spiro atoms. The Balaban J connectivity index is 1.97. The zero-order valence-corrected chi connectivity index (χ0v) is 13.7. The van der Waals surface area contributed by atoms with Crippen molar-refractivity contribution in [3.05, 3.63) is 18.5 Å². The summed E-state index contributed by atoms with van der Waals surface area (Å²) in [6, 6.07) is 3.71. The van der Waals surface area contributed by atoms with E-state index in [1.165, 1.54) is 6.33 Å². The van der Waals surface area contributed by atoms with E-state index in [9.17, 15) is 4.79 Å². The van der Waals surface area contributed by atoms with Gasteiger partial charge in [-0.3, -0.25) is 4.79 Å². The van der Waals surface area contributed by atoms with Crippen LogP contribution in [0.3, 0.4) is 0 Å². The number of aromatic nitrogens is 2. The van der Waals surface area contributed by atoms with Crippen molar-refractivity contribution in [1.29, 1.82) is 0 Å². The van der Waals surface area contributed by atoms with Crippen LogP contribution in [-0.4, -0.2) is 60.6 Å². The van der Waals surface area contributed by atoms with Gasteiger partial charge in [0.1, 0.15) is 12.1 Å². The molecule has 1 fully saturated rings. The molecule has 0 aliphatic carbocycles. The van der Waals surface area contributed by atoms with E-state index >= 15 is 0 Å². The van der Waals surface area contributed by atoms with Gasteiger partial charge in [0, 0.05) is 37.6 Å². The smallest absolute Gasteiger partial charge is 0.316 e. The number of ether oxygens (including phenoxy) is 2. The highest BCUT2D eigenvalue weighted by molar-refractivity contribution is 6.62. The summed E-state index contributed by atoms with van der Waals surface area (Å²) in [5.41, 5.74) is 0.781. The third kappa shape index (κ3) is 2.96. The first kappa shape index (κ1) is 15.6. The number of carbonyl (C=O) groups is 1. The summed E-state index contributed by atoms with van der Waals surface area (Å²) in [5.74, 6) is 2.07. The Morgan fingerprint density at radius 1 is 1.09 bits per heavy atom. The first-order valence-corrected chi connectivity index (χ1v) is 7.58. The van der Waals surface area contributed by atoms with E-state index in [0.29, 0.717) is 37.7 Å². The van der Waals surface area contributed by atoms with Crippen LogP contribution in [0.5, 0.6) is 11.5 Å². The van der Waals surface area contributed by atoms with Crippen molar-refractivity contribution in [2.75, 3.05) is 45.3 Å². The average molecular weight is 337 g/mol. The molecule has 1 aliphatic rings. The van der Waals surface area contributed by atoms with E-state index in [0.717, 1.165) is 16.7 Å². The number of rotatable bonds is 3. The minimum Gasteiger partial charge on any atom is -0.493 e. The second-order valence-corrected chi connectivity index (χ2v) is 5.47. The standard InChI is InChI=1S/C15H17ClN4O3/c1-22-12-7-10-11(8-13(12)23-2)17-9-18-14(10)19-3-5-20(6-4-19)15(16)21/h7-9H,3-6H2,1-2H3. The second-order valence-electron chi connectivity index (χ2n) is 5.15. The van der Waals surface area contributed by atoms with Crippen LogP contribution in [-0.2, 0) is 0 Å². The normalized spacial score (nSPS) is 14.9. The topological polar surface area (TPSA) is 67.8 Å². The van der Waals surface area contributed by atoms with Crippen molar-refractivity contribution >= 4 is 33.7 Å². The maximum absolute atomic E-state index is 11.2. The molecule has 1 aliphatic heterocycles. The average Bonchev–Trinajstić information content (AvgIpc) is 2.60. The molecule has 8 heteroatoms. The fourth-order valence-corrected chi connectivity index (χ4v) is 2.88. The lowest BCUT2D eigenvalue weighted by Crippen LogP contribution is -2.47. The largest absolute Gasteiger partial charge is 0.493 e. The van der Waals surface area contributed by atoms with E-state index < -0.39 is 5.37 Å². The van der Waals surface area contributed by atoms with Crippen molar-refractivity contribution < 1.29 is 14.3 Å². The molecule has 7 nitrogen and oxygen atoms in total. The van der Waals surface area contributed by atoms with E-state index in [4.69, 9.17) is 21.1 Å². The molecule has 0 N–H and O–H groups in total. The first-order valence-electron chi connectivity index (χ1n) is 7.20. The van der Waals surface area contributed by atoms with Gasteiger partial charge in [-0.15, -0.1) is 0 Å². The molecule has 0 bridgehead atoms. The summed E-state index contributed by atoms with van der Waals surface area (Å²) in [6.07, 6.45) is 1.53. The fourth-order valence-electron chi connectivity index (χ4n) is 2.72. The number of fused-ring (bicyclic) bond motifs is 1. The minimum atomic E-state index is -0.413. The predicted octanol–water partition coefficient (Wildman–Crippen LogP) is 2.13.